The molecule has 10 heteroatoms. The average Bonchev–Trinajstić information content (AvgIpc) is 3.40. The number of fused-ring (bicyclic) bond motifs is 2. The van der Waals surface area contributed by atoms with Gasteiger partial charge in [-0.2, -0.15) is 0 Å². The molecule has 1 aliphatic carbocycles. The van der Waals surface area contributed by atoms with Crippen molar-refractivity contribution in [2.75, 3.05) is 11.0 Å². The summed E-state index contributed by atoms with van der Waals surface area (Å²) in [6, 6.07) is 24.7. The first-order valence-electron chi connectivity index (χ1n) is 14.2. The lowest BCUT2D eigenvalue weighted by atomic mass is 9.90. The fraction of sp³-hybridized carbons (Fsp3) is 0.281. The van der Waals surface area contributed by atoms with Crippen LogP contribution in [0.5, 0.6) is 0 Å². The molecule has 1 atom stereocenters. The van der Waals surface area contributed by atoms with E-state index in [2.05, 4.69) is 61.3 Å². The molecule has 6 rings (SSSR count). The maximum Gasteiger partial charge on any atom is 0.229 e. The molecule has 0 saturated carbocycles. The highest BCUT2D eigenvalue weighted by molar-refractivity contribution is 7.92. The van der Waals surface area contributed by atoms with Gasteiger partial charge in [-0.25, -0.2) is 13.4 Å². The third-order valence-electron chi connectivity index (χ3n) is 7.61. The molecule has 0 bridgehead atoms. The zero-order valence-corrected chi connectivity index (χ0v) is 24.4. The first kappa shape index (κ1) is 28.0. The fourth-order valence-corrected chi connectivity index (χ4v) is 6.27. The fourth-order valence-electron chi connectivity index (χ4n) is 5.68. The van der Waals surface area contributed by atoms with Crippen molar-refractivity contribution in [3.05, 3.63) is 119 Å². The van der Waals surface area contributed by atoms with E-state index in [1.807, 2.05) is 30.5 Å². The summed E-state index contributed by atoms with van der Waals surface area (Å²) < 4.78 is 25.9. The zero-order chi connectivity index (χ0) is 28.9. The number of H-pyrrole nitrogens is 1. The summed E-state index contributed by atoms with van der Waals surface area (Å²) in [4.78, 5) is 20.0. The molecule has 9 nitrogen and oxygen atoms in total. The molecular weight excluding hydrogens is 546 g/mol. The first-order chi connectivity index (χ1) is 20.4. The number of hydrogen-bond acceptors (Lipinski definition) is 7. The number of hydrogen-bond donors (Lipinski definition) is 3. The molecule has 0 fully saturated rings. The number of sulfonamides is 1. The predicted octanol–water partition coefficient (Wildman–Crippen LogP) is 5.09. The number of anilines is 1. The monoisotopic (exact) mass is 581 g/mol. The summed E-state index contributed by atoms with van der Waals surface area (Å²) in [6.45, 7) is 2.56. The van der Waals surface area contributed by atoms with Gasteiger partial charge in [-0.05, 0) is 66.3 Å². The lowest BCUT2D eigenvalue weighted by Crippen LogP contribution is -2.31. The molecule has 0 amide bonds. The Kier molecular flexibility index (Phi) is 8.27. The molecule has 42 heavy (non-hydrogen) atoms. The molecule has 3 aromatic heterocycles. The van der Waals surface area contributed by atoms with E-state index in [1.165, 1.54) is 16.8 Å². The van der Waals surface area contributed by atoms with Crippen molar-refractivity contribution >= 4 is 26.7 Å². The van der Waals surface area contributed by atoms with Gasteiger partial charge < -0.3 is 10.3 Å². The lowest BCUT2D eigenvalue weighted by Gasteiger charge is -2.34. The highest BCUT2D eigenvalue weighted by Crippen LogP contribution is 2.34. The number of aromatic amines is 1. The van der Waals surface area contributed by atoms with Crippen molar-refractivity contribution < 1.29 is 8.42 Å². The summed E-state index contributed by atoms with van der Waals surface area (Å²) in [5, 5.41) is 3.38. The number of rotatable bonds is 11. The topological polar surface area (TPSA) is 116 Å². The van der Waals surface area contributed by atoms with Crippen LogP contribution in [0.15, 0.2) is 85.2 Å². The number of para-hydroxylation sites is 2. The second-order valence-electron chi connectivity index (χ2n) is 10.9. The Morgan fingerprint density at radius 1 is 0.905 bits per heavy atom. The number of aryl methyl sites for hydroxylation is 1. The smallest absolute Gasteiger partial charge is 0.229 e. The molecule has 1 aliphatic rings. The van der Waals surface area contributed by atoms with Crippen molar-refractivity contribution in [2.45, 2.75) is 51.5 Å². The second kappa shape index (κ2) is 12.4. The van der Waals surface area contributed by atoms with E-state index >= 15 is 0 Å². The molecule has 216 valence electrons. The Morgan fingerprint density at radius 2 is 1.69 bits per heavy atom. The van der Waals surface area contributed by atoms with Crippen molar-refractivity contribution in [1.82, 2.24) is 30.2 Å². The van der Waals surface area contributed by atoms with Crippen molar-refractivity contribution in [3.8, 4) is 0 Å². The van der Waals surface area contributed by atoms with Gasteiger partial charge in [0, 0.05) is 32.0 Å². The average molecular weight is 582 g/mol. The Balaban J connectivity index is 1.16. The SMILES string of the molecule is CS(=O)(=O)Nc1cccnc1CNCc1ccc(CN(Cc2nc3ccccc3[nH]2)C2CCCc3cccnc32)cc1. The van der Waals surface area contributed by atoms with E-state index < -0.39 is 10.0 Å². The molecule has 5 aromatic rings. The standard InChI is InChI=1S/C32H35N7O2S/c1-42(40,41)38-28-11-6-17-34-29(28)20-33-19-23-13-15-24(16-14-23)21-39(22-31-36-26-9-2-3-10-27(26)37-31)30-12-4-7-25-8-5-18-35-32(25)30/h2-3,5-6,8-11,13-18,30,33,38H,4,7,12,19-22H2,1H3,(H,36,37). The van der Waals surface area contributed by atoms with Crippen LogP contribution in [0.25, 0.3) is 11.0 Å². The third-order valence-corrected chi connectivity index (χ3v) is 8.20. The molecule has 1 unspecified atom stereocenters. The minimum absolute atomic E-state index is 0.220. The van der Waals surface area contributed by atoms with Gasteiger partial charge in [0.25, 0.3) is 0 Å². The third kappa shape index (κ3) is 6.84. The molecule has 3 heterocycles. The summed E-state index contributed by atoms with van der Waals surface area (Å²) >= 11 is 0. The largest absolute Gasteiger partial charge is 0.341 e. The Bertz CT molecular complexity index is 1740. The summed E-state index contributed by atoms with van der Waals surface area (Å²) in [5.41, 5.74) is 8.07. The van der Waals surface area contributed by atoms with Crippen LogP contribution < -0.4 is 10.0 Å². The number of nitrogens with one attached hydrogen (secondary N) is 3. The molecule has 0 aliphatic heterocycles. The van der Waals surface area contributed by atoms with Crippen LogP contribution in [0.3, 0.4) is 0 Å². The second-order valence-corrected chi connectivity index (χ2v) is 12.6. The van der Waals surface area contributed by atoms with Gasteiger partial charge in [0.2, 0.25) is 10.0 Å². The highest BCUT2D eigenvalue weighted by Gasteiger charge is 2.28. The van der Waals surface area contributed by atoms with Crippen LogP contribution in [0, 0.1) is 0 Å². The summed E-state index contributed by atoms with van der Waals surface area (Å²) in [6.07, 6.45) is 7.99. The van der Waals surface area contributed by atoms with Gasteiger partial charge >= 0.3 is 0 Å². The van der Waals surface area contributed by atoms with Gasteiger partial charge in [-0.15, -0.1) is 0 Å². The van der Waals surface area contributed by atoms with E-state index in [0.29, 0.717) is 31.0 Å². The van der Waals surface area contributed by atoms with Crippen LogP contribution >= 0.6 is 0 Å². The summed E-state index contributed by atoms with van der Waals surface area (Å²) in [5.74, 6) is 0.958. The summed E-state index contributed by atoms with van der Waals surface area (Å²) in [7, 11) is -3.38. The minimum Gasteiger partial charge on any atom is -0.341 e. The lowest BCUT2D eigenvalue weighted by molar-refractivity contribution is 0.153. The number of benzene rings is 2. The molecule has 0 saturated heterocycles. The van der Waals surface area contributed by atoms with Crippen LogP contribution in [-0.2, 0) is 42.6 Å². The van der Waals surface area contributed by atoms with Crippen LogP contribution in [0.1, 0.15) is 52.8 Å². The Labute approximate surface area is 246 Å². The van der Waals surface area contributed by atoms with E-state index in [0.717, 1.165) is 54.5 Å². The molecule has 2 aromatic carbocycles. The van der Waals surface area contributed by atoms with Gasteiger partial charge in [-0.3, -0.25) is 19.6 Å². The first-order valence-corrected chi connectivity index (χ1v) is 16.1. The highest BCUT2D eigenvalue weighted by atomic mass is 32.2. The van der Waals surface area contributed by atoms with E-state index in [4.69, 9.17) is 9.97 Å². The zero-order valence-electron chi connectivity index (χ0n) is 23.6. The van der Waals surface area contributed by atoms with E-state index in [1.54, 1.807) is 18.3 Å². The van der Waals surface area contributed by atoms with Crippen LogP contribution in [-0.4, -0.2) is 39.5 Å². The van der Waals surface area contributed by atoms with Crippen LogP contribution in [0.2, 0.25) is 0 Å². The predicted molar refractivity (Wildman–Crippen MR) is 165 cm³/mol. The van der Waals surface area contributed by atoms with Crippen LogP contribution in [0.4, 0.5) is 5.69 Å². The maximum atomic E-state index is 11.7. The van der Waals surface area contributed by atoms with Crippen molar-refractivity contribution in [3.63, 3.8) is 0 Å². The van der Waals surface area contributed by atoms with Gasteiger partial charge in [0.05, 0.1) is 47.0 Å². The number of nitrogens with zero attached hydrogens (tertiary/aromatic N) is 4. The Morgan fingerprint density at radius 3 is 2.52 bits per heavy atom. The maximum absolute atomic E-state index is 11.7. The number of imidazole rings is 1. The minimum atomic E-state index is -3.38. The van der Waals surface area contributed by atoms with Crippen molar-refractivity contribution in [2.24, 2.45) is 0 Å². The van der Waals surface area contributed by atoms with E-state index in [-0.39, 0.29) is 6.04 Å². The quantitative estimate of drug-likeness (QED) is 0.199. The normalized spacial score (nSPS) is 15.1. The molecule has 0 spiro atoms. The van der Waals surface area contributed by atoms with E-state index in [9.17, 15) is 8.42 Å². The molecule has 3 N–H and O–H groups in total. The number of aromatic nitrogens is 4. The molecular formula is C32H35N7O2S. The number of pyridine rings is 2. The van der Waals surface area contributed by atoms with Gasteiger partial charge in [0.1, 0.15) is 5.82 Å². The molecule has 0 radical (unpaired) electrons. The van der Waals surface area contributed by atoms with Gasteiger partial charge in [-0.1, -0.05) is 42.5 Å². The van der Waals surface area contributed by atoms with Gasteiger partial charge in [0.15, 0.2) is 0 Å². The van der Waals surface area contributed by atoms with Crippen molar-refractivity contribution in [1.29, 1.82) is 0 Å². The Hall–Kier alpha value is -4.12.